The summed E-state index contributed by atoms with van der Waals surface area (Å²) >= 11 is 1.37. The molecule has 1 saturated carbocycles. The summed E-state index contributed by atoms with van der Waals surface area (Å²) in [7, 11) is 0. The first-order valence-corrected chi connectivity index (χ1v) is 11.5. The lowest BCUT2D eigenvalue weighted by Crippen LogP contribution is -2.37. The van der Waals surface area contributed by atoms with Crippen molar-refractivity contribution in [3.8, 4) is 0 Å². The van der Waals surface area contributed by atoms with E-state index in [1.54, 1.807) is 0 Å². The second kappa shape index (κ2) is 7.85. The van der Waals surface area contributed by atoms with Crippen molar-refractivity contribution in [1.82, 2.24) is 20.4 Å². The molecule has 0 radical (unpaired) electrons. The van der Waals surface area contributed by atoms with Crippen LogP contribution in [0.3, 0.4) is 0 Å². The van der Waals surface area contributed by atoms with Gasteiger partial charge in [0.05, 0.1) is 16.3 Å². The minimum atomic E-state index is -0.892. The van der Waals surface area contributed by atoms with Gasteiger partial charge in [0.1, 0.15) is 11.1 Å². The lowest BCUT2D eigenvalue weighted by Gasteiger charge is -2.20. The fourth-order valence-corrected chi connectivity index (χ4v) is 5.67. The van der Waals surface area contributed by atoms with Crippen molar-refractivity contribution in [1.29, 1.82) is 0 Å². The minimum Gasteiger partial charge on any atom is -0.397 e. The summed E-state index contributed by atoms with van der Waals surface area (Å²) in [6.45, 7) is 5.20. The van der Waals surface area contributed by atoms with Crippen LogP contribution in [-0.2, 0) is 4.79 Å². The van der Waals surface area contributed by atoms with Gasteiger partial charge in [0.2, 0.25) is 5.91 Å². The van der Waals surface area contributed by atoms with Crippen LogP contribution in [0.2, 0.25) is 0 Å². The first kappa shape index (κ1) is 20.4. The molecule has 3 heterocycles. The molecule has 7 nitrogen and oxygen atoms in total. The molecule has 8 heteroatoms. The van der Waals surface area contributed by atoms with Crippen LogP contribution in [0.4, 0.5) is 5.69 Å². The van der Waals surface area contributed by atoms with Crippen LogP contribution in [0.25, 0.3) is 10.2 Å². The highest BCUT2D eigenvalue weighted by Gasteiger charge is 2.46. The van der Waals surface area contributed by atoms with Crippen molar-refractivity contribution in [3.63, 3.8) is 0 Å². The van der Waals surface area contributed by atoms with Gasteiger partial charge in [-0.1, -0.05) is 30.3 Å². The fraction of sp³-hybridized carbons (Fsp3) is 0.435. The van der Waals surface area contributed by atoms with Gasteiger partial charge < -0.3 is 15.7 Å². The summed E-state index contributed by atoms with van der Waals surface area (Å²) in [6.07, 6.45) is 0.851. The van der Waals surface area contributed by atoms with E-state index >= 15 is 0 Å². The van der Waals surface area contributed by atoms with E-state index in [0.717, 1.165) is 34.3 Å². The summed E-state index contributed by atoms with van der Waals surface area (Å²) in [5, 5.41) is 23.4. The number of aliphatic hydroxyl groups is 1. The summed E-state index contributed by atoms with van der Waals surface area (Å²) in [4.78, 5) is 16.3. The Hall–Kier alpha value is -2.55. The quantitative estimate of drug-likeness (QED) is 0.530. The predicted molar refractivity (Wildman–Crippen MR) is 122 cm³/mol. The van der Waals surface area contributed by atoms with Crippen molar-refractivity contribution >= 4 is 33.1 Å². The number of benzene rings is 1. The van der Waals surface area contributed by atoms with Gasteiger partial charge in [0.15, 0.2) is 0 Å². The summed E-state index contributed by atoms with van der Waals surface area (Å²) in [5.74, 6) is 0.668. The van der Waals surface area contributed by atoms with E-state index in [-0.39, 0.29) is 17.9 Å². The number of nitrogen functional groups attached to an aromatic ring is 1. The molecule has 2 fully saturated rings. The van der Waals surface area contributed by atoms with E-state index < -0.39 is 6.23 Å². The summed E-state index contributed by atoms with van der Waals surface area (Å²) in [5.41, 5.74) is 10.00. The highest BCUT2D eigenvalue weighted by atomic mass is 32.1. The maximum absolute atomic E-state index is 12.9. The van der Waals surface area contributed by atoms with Crippen LogP contribution in [-0.4, -0.2) is 45.2 Å². The van der Waals surface area contributed by atoms with E-state index in [0.29, 0.717) is 29.6 Å². The third kappa shape index (κ3) is 3.69. The Morgan fingerprint density at radius 2 is 2.06 bits per heavy atom. The maximum Gasteiger partial charge on any atom is 0.226 e. The standard InChI is InChI=1S/C23H27N5O2S/c1-12-13(2)26-27-22-18(12)19(24)20(31-22)21(29)25-15-8-9-28(11-15)23(30)17-10-16(17)14-6-4-3-5-7-14/h3-7,15-17,21,25,29H,8-11,24H2,1-2H3. The molecule has 4 atom stereocenters. The number of thiophene rings is 1. The average Bonchev–Trinajstić information content (AvgIpc) is 3.32. The molecule has 1 amide bonds. The van der Waals surface area contributed by atoms with Crippen molar-refractivity contribution in [2.75, 3.05) is 18.8 Å². The highest BCUT2D eigenvalue weighted by Crippen LogP contribution is 2.48. The molecule has 0 bridgehead atoms. The Kier molecular flexibility index (Phi) is 5.16. The fourth-order valence-electron chi connectivity index (χ4n) is 4.63. The number of fused-ring (bicyclic) bond motifs is 1. The largest absolute Gasteiger partial charge is 0.397 e. The molecule has 2 aromatic heterocycles. The molecule has 4 unspecified atom stereocenters. The lowest BCUT2D eigenvalue weighted by atomic mass is 10.1. The molecule has 1 aliphatic heterocycles. The smallest absolute Gasteiger partial charge is 0.226 e. The van der Waals surface area contributed by atoms with Crippen molar-refractivity contribution in [3.05, 3.63) is 52.0 Å². The minimum absolute atomic E-state index is 0.0337. The third-order valence-corrected chi connectivity index (χ3v) is 7.78. The number of nitrogens with two attached hydrogens (primary N) is 1. The molecule has 3 aromatic rings. The first-order valence-electron chi connectivity index (χ1n) is 10.7. The molecule has 1 aliphatic carbocycles. The van der Waals surface area contributed by atoms with Gasteiger partial charge in [-0.15, -0.1) is 16.4 Å². The predicted octanol–water partition coefficient (Wildman–Crippen LogP) is 2.88. The molecular formula is C23H27N5O2S. The van der Waals surface area contributed by atoms with E-state index in [9.17, 15) is 9.90 Å². The molecule has 4 N–H and O–H groups in total. The van der Waals surface area contributed by atoms with Crippen molar-refractivity contribution < 1.29 is 9.90 Å². The molecule has 5 rings (SSSR count). The van der Waals surface area contributed by atoms with Crippen LogP contribution in [0.1, 0.15) is 46.7 Å². The van der Waals surface area contributed by atoms with Gasteiger partial charge in [0.25, 0.3) is 0 Å². The second-order valence-electron chi connectivity index (χ2n) is 8.67. The summed E-state index contributed by atoms with van der Waals surface area (Å²) < 4.78 is 0. The topological polar surface area (TPSA) is 104 Å². The SMILES string of the molecule is Cc1nnc2sc(C(O)NC3CCN(C(=O)C4CC4c4ccccc4)C3)c(N)c2c1C. The normalized spacial score (nSPS) is 24.0. The maximum atomic E-state index is 12.9. The van der Waals surface area contributed by atoms with E-state index in [1.165, 1.54) is 16.9 Å². The lowest BCUT2D eigenvalue weighted by molar-refractivity contribution is -0.131. The van der Waals surface area contributed by atoms with Crippen LogP contribution >= 0.6 is 11.3 Å². The molecule has 0 spiro atoms. The Balaban J connectivity index is 1.22. The number of aliphatic hydroxyl groups excluding tert-OH is 1. The number of anilines is 1. The molecule has 1 saturated heterocycles. The van der Waals surface area contributed by atoms with Crippen LogP contribution in [0.15, 0.2) is 30.3 Å². The number of hydrogen-bond acceptors (Lipinski definition) is 7. The van der Waals surface area contributed by atoms with Gasteiger partial charge in [-0.25, -0.2) is 0 Å². The molecular weight excluding hydrogens is 410 g/mol. The average molecular weight is 438 g/mol. The third-order valence-electron chi connectivity index (χ3n) is 6.64. The Morgan fingerprint density at radius 1 is 1.29 bits per heavy atom. The number of likely N-dealkylation sites (tertiary alicyclic amines) is 1. The molecule has 1 aromatic carbocycles. The van der Waals surface area contributed by atoms with Crippen LogP contribution in [0, 0.1) is 19.8 Å². The molecule has 2 aliphatic rings. The Bertz CT molecular complexity index is 1130. The number of nitrogens with one attached hydrogen (secondary N) is 1. The van der Waals surface area contributed by atoms with Gasteiger partial charge >= 0.3 is 0 Å². The number of amides is 1. The van der Waals surface area contributed by atoms with Gasteiger partial charge in [-0.05, 0) is 43.7 Å². The van der Waals surface area contributed by atoms with Gasteiger partial charge in [0, 0.05) is 30.4 Å². The number of rotatable bonds is 5. The van der Waals surface area contributed by atoms with Crippen LogP contribution in [0.5, 0.6) is 0 Å². The number of nitrogens with zero attached hydrogens (tertiary/aromatic N) is 3. The summed E-state index contributed by atoms with van der Waals surface area (Å²) in [6, 6.07) is 10.3. The van der Waals surface area contributed by atoms with E-state index in [4.69, 9.17) is 5.73 Å². The van der Waals surface area contributed by atoms with Gasteiger partial charge in [-0.3, -0.25) is 10.1 Å². The first-order chi connectivity index (χ1) is 14.9. The van der Waals surface area contributed by atoms with Crippen LogP contribution < -0.4 is 11.1 Å². The zero-order valence-corrected chi connectivity index (χ0v) is 18.5. The molecule has 31 heavy (non-hydrogen) atoms. The van der Waals surface area contributed by atoms with Crippen molar-refractivity contribution in [2.45, 2.75) is 44.9 Å². The molecule has 162 valence electrons. The number of aromatic nitrogens is 2. The van der Waals surface area contributed by atoms with Crippen molar-refractivity contribution in [2.24, 2.45) is 5.92 Å². The van der Waals surface area contributed by atoms with E-state index in [2.05, 4.69) is 27.6 Å². The van der Waals surface area contributed by atoms with E-state index in [1.807, 2.05) is 36.9 Å². The zero-order chi connectivity index (χ0) is 21.7. The number of hydrogen-bond donors (Lipinski definition) is 3. The second-order valence-corrected chi connectivity index (χ2v) is 9.70. The highest BCUT2D eigenvalue weighted by molar-refractivity contribution is 7.19. The number of carbonyl (C=O) groups is 1. The Labute approximate surface area is 185 Å². The van der Waals surface area contributed by atoms with Gasteiger partial charge in [-0.2, -0.15) is 5.10 Å². The Morgan fingerprint density at radius 3 is 2.84 bits per heavy atom. The number of aryl methyl sites for hydroxylation is 2. The number of carbonyl (C=O) groups excluding carboxylic acids is 1. The zero-order valence-electron chi connectivity index (χ0n) is 17.7. The monoisotopic (exact) mass is 437 g/mol.